The number of phenolic OH excluding ortho intramolecular Hbond substituents is 2. The highest BCUT2D eigenvalue weighted by molar-refractivity contribution is 9.10. The molecule has 19 heavy (non-hydrogen) atoms. The van der Waals surface area contributed by atoms with Gasteiger partial charge in [-0.15, -0.1) is 0 Å². The van der Waals surface area contributed by atoms with Gasteiger partial charge in [-0.2, -0.15) is 0 Å². The second-order valence-corrected chi connectivity index (χ2v) is 4.78. The molecule has 0 aliphatic carbocycles. The SMILES string of the molecule is Nc1ccc(NC(=O)c2cc(O)cc(O)c2)cc1Br. The molecule has 5 nitrogen and oxygen atoms in total. The van der Waals surface area contributed by atoms with E-state index in [1.807, 2.05) is 0 Å². The van der Waals surface area contributed by atoms with Gasteiger partial charge in [0.1, 0.15) is 11.5 Å². The van der Waals surface area contributed by atoms with Gasteiger partial charge in [-0.05, 0) is 46.3 Å². The monoisotopic (exact) mass is 322 g/mol. The number of rotatable bonds is 2. The van der Waals surface area contributed by atoms with Crippen molar-refractivity contribution >= 4 is 33.2 Å². The van der Waals surface area contributed by atoms with Crippen LogP contribution >= 0.6 is 15.9 Å². The average molecular weight is 323 g/mol. The molecular weight excluding hydrogens is 312 g/mol. The van der Waals surface area contributed by atoms with Gasteiger partial charge in [0.15, 0.2) is 0 Å². The fourth-order valence-corrected chi connectivity index (χ4v) is 1.91. The van der Waals surface area contributed by atoms with Gasteiger partial charge in [0, 0.05) is 27.5 Å². The van der Waals surface area contributed by atoms with Gasteiger partial charge in [0.25, 0.3) is 5.91 Å². The van der Waals surface area contributed by atoms with Gasteiger partial charge in [-0.25, -0.2) is 0 Å². The van der Waals surface area contributed by atoms with Gasteiger partial charge in [0.05, 0.1) is 0 Å². The number of hydrogen-bond donors (Lipinski definition) is 4. The molecule has 0 saturated carbocycles. The first-order valence-corrected chi connectivity index (χ1v) is 6.14. The molecule has 0 aromatic heterocycles. The molecule has 2 aromatic carbocycles. The van der Waals surface area contributed by atoms with Crippen molar-refractivity contribution in [1.82, 2.24) is 0 Å². The van der Waals surface area contributed by atoms with Crippen LogP contribution in [0.25, 0.3) is 0 Å². The summed E-state index contributed by atoms with van der Waals surface area (Å²) in [4.78, 5) is 11.9. The Bertz CT molecular complexity index is 624. The lowest BCUT2D eigenvalue weighted by Crippen LogP contribution is -2.11. The Balaban J connectivity index is 2.22. The summed E-state index contributed by atoms with van der Waals surface area (Å²) in [6.45, 7) is 0. The van der Waals surface area contributed by atoms with E-state index < -0.39 is 5.91 Å². The molecule has 98 valence electrons. The van der Waals surface area contributed by atoms with Crippen LogP contribution in [0.3, 0.4) is 0 Å². The van der Waals surface area contributed by atoms with Gasteiger partial charge in [0.2, 0.25) is 0 Å². The molecule has 0 fully saturated rings. The van der Waals surface area contributed by atoms with E-state index in [1.165, 1.54) is 12.1 Å². The standard InChI is InChI=1S/C13H11BrN2O3/c14-11-5-8(1-2-12(11)15)16-13(19)7-3-9(17)6-10(18)4-7/h1-6,17-18H,15H2,(H,16,19). The molecule has 0 bridgehead atoms. The second kappa shape index (κ2) is 5.19. The quantitative estimate of drug-likeness (QED) is 0.639. The number of phenols is 2. The Labute approximate surface area is 117 Å². The molecule has 0 spiro atoms. The maximum absolute atomic E-state index is 11.9. The first kappa shape index (κ1) is 13.2. The summed E-state index contributed by atoms with van der Waals surface area (Å²) >= 11 is 3.26. The van der Waals surface area contributed by atoms with Crippen molar-refractivity contribution in [2.45, 2.75) is 0 Å². The van der Waals surface area contributed by atoms with Crippen LogP contribution in [0, 0.1) is 0 Å². The maximum Gasteiger partial charge on any atom is 0.255 e. The van der Waals surface area contributed by atoms with Crippen LogP contribution in [0.2, 0.25) is 0 Å². The number of carbonyl (C=O) groups excluding carboxylic acids is 1. The number of carbonyl (C=O) groups is 1. The summed E-state index contributed by atoms with van der Waals surface area (Å²) in [5, 5.41) is 21.3. The van der Waals surface area contributed by atoms with Crippen molar-refractivity contribution in [2.75, 3.05) is 11.1 Å². The number of benzene rings is 2. The van der Waals surface area contributed by atoms with Crippen LogP contribution < -0.4 is 11.1 Å². The van der Waals surface area contributed by atoms with Crippen LogP contribution in [-0.2, 0) is 0 Å². The fourth-order valence-electron chi connectivity index (χ4n) is 1.53. The zero-order valence-electron chi connectivity index (χ0n) is 9.72. The lowest BCUT2D eigenvalue weighted by Gasteiger charge is -2.07. The van der Waals surface area contributed by atoms with Crippen LogP contribution in [-0.4, -0.2) is 16.1 Å². The molecule has 0 radical (unpaired) electrons. The Kier molecular flexibility index (Phi) is 3.62. The van der Waals surface area contributed by atoms with E-state index in [9.17, 15) is 15.0 Å². The Morgan fingerprint density at radius 2 is 1.74 bits per heavy atom. The number of nitrogen functional groups attached to an aromatic ring is 1. The van der Waals surface area contributed by atoms with E-state index in [0.717, 1.165) is 6.07 Å². The molecule has 1 amide bonds. The number of anilines is 2. The molecule has 2 rings (SSSR count). The molecule has 0 heterocycles. The third-order valence-electron chi connectivity index (χ3n) is 2.42. The number of hydrogen-bond acceptors (Lipinski definition) is 4. The van der Waals surface area contributed by atoms with Crippen LogP contribution in [0.4, 0.5) is 11.4 Å². The smallest absolute Gasteiger partial charge is 0.255 e. The molecular formula is C13H11BrN2O3. The topological polar surface area (TPSA) is 95.6 Å². The molecule has 5 N–H and O–H groups in total. The minimum absolute atomic E-state index is 0.158. The third kappa shape index (κ3) is 3.17. The fraction of sp³-hybridized carbons (Fsp3) is 0. The van der Waals surface area contributed by atoms with Crippen molar-refractivity contribution in [3.8, 4) is 11.5 Å². The van der Waals surface area contributed by atoms with Crippen molar-refractivity contribution < 1.29 is 15.0 Å². The minimum Gasteiger partial charge on any atom is -0.508 e. The third-order valence-corrected chi connectivity index (χ3v) is 3.11. The first-order chi connectivity index (χ1) is 8.95. The first-order valence-electron chi connectivity index (χ1n) is 5.35. The van der Waals surface area contributed by atoms with Gasteiger partial charge in [-0.1, -0.05) is 0 Å². The van der Waals surface area contributed by atoms with E-state index in [4.69, 9.17) is 5.73 Å². The molecule has 0 aliphatic rings. The molecule has 0 atom stereocenters. The summed E-state index contributed by atoms with van der Waals surface area (Å²) in [7, 11) is 0. The highest BCUT2D eigenvalue weighted by Gasteiger charge is 2.09. The predicted molar refractivity (Wildman–Crippen MR) is 76.3 cm³/mol. The molecule has 2 aromatic rings. The van der Waals surface area contributed by atoms with E-state index in [1.54, 1.807) is 18.2 Å². The average Bonchev–Trinajstić information content (AvgIpc) is 2.32. The summed E-state index contributed by atoms with van der Waals surface area (Å²) in [6.07, 6.45) is 0. The van der Waals surface area contributed by atoms with Crippen molar-refractivity contribution in [1.29, 1.82) is 0 Å². The Morgan fingerprint density at radius 1 is 1.11 bits per heavy atom. The number of nitrogens with two attached hydrogens (primary N) is 1. The number of aromatic hydroxyl groups is 2. The zero-order valence-corrected chi connectivity index (χ0v) is 11.3. The van der Waals surface area contributed by atoms with Gasteiger partial charge in [-0.3, -0.25) is 4.79 Å². The summed E-state index contributed by atoms with van der Waals surface area (Å²) in [6, 6.07) is 8.65. The van der Waals surface area contributed by atoms with Gasteiger partial charge >= 0.3 is 0 Å². The van der Waals surface area contributed by atoms with Crippen molar-refractivity contribution in [3.05, 3.63) is 46.4 Å². The number of nitrogens with one attached hydrogen (secondary N) is 1. The normalized spacial score (nSPS) is 10.2. The minimum atomic E-state index is -0.442. The largest absolute Gasteiger partial charge is 0.508 e. The van der Waals surface area contributed by atoms with Crippen LogP contribution in [0.1, 0.15) is 10.4 Å². The van der Waals surface area contributed by atoms with E-state index in [0.29, 0.717) is 15.8 Å². The highest BCUT2D eigenvalue weighted by Crippen LogP contribution is 2.25. The Morgan fingerprint density at radius 3 is 2.32 bits per heavy atom. The lowest BCUT2D eigenvalue weighted by atomic mass is 10.2. The van der Waals surface area contributed by atoms with Crippen LogP contribution in [0.15, 0.2) is 40.9 Å². The summed E-state index contributed by atoms with van der Waals surface area (Å²) in [5.41, 5.74) is 6.92. The zero-order chi connectivity index (χ0) is 14.0. The predicted octanol–water partition coefficient (Wildman–Crippen LogP) is 2.69. The molecule has 0 aliphatic heterocycles. The highest BCUT2D eigenvalue weighted by atomic mass is 79.9. The van der Waals surface area contributed by atoms with Crippen molar-refractivity contribution in [3.63, 3.8) is 0 Å². The summed E-state index contributed by atoms with van der Waals surface area (Å²) in [5.74, 6) is -0.796. The lowest BCUT2D eigenvalue weighted by molar-refractivity contribution is 0.102. The van der Waals surface area contributed by atoms with Crippen molar-refractivity contribution in [2.24, 2.45) is 0 Å². The number of halogens is 1. The Hall–Kier alpha value is -2.21. The molecule has 0 saturated heterocycles. The summed E-state index contributed by atoms with van der Waals surface area (Å²) < 4.78 is 0.670. The van der Waals surface area contributed by atoms with Crippen LogP contribution in [0.5, 0.6) is 11.5 Å². The number of amides is 1. The molecule has 6 heteroatoms. The van der Waals surface area contributed by atoms with E-state index in [2.05, 4.69) is 21.2 Å². The van der Waals surface area contributed by atoms with E-state index in [-0.39, 0.29) is 17.1 Å². The van der Waals surface area contributed by atoms with E-state index >= 15 is 0 Å². The molecule has 0 unspecified atom stereocenters. The maximum atomic E-state index is 11.9. The van der Waals surface area contributed by atoms with Gasteiger partial charge < -0.3 is 21.3 Å². The second-order valence-electron chi connectivity index (χ2n) is 3.93.